The number of carbonyl (C=O) groups excluding carboxylic acids is 4. The van der Waals surface area contributed by atoms with Crippen LogP contribution in [0.1, 0.15) is 32.7 Å². The fourth-order valence-corrected chi connectivity index (χ4v) is 2.72. The smallest absolute Gasteiger partial charge is 0.303 e. The fraction of sp³-hybridized carbons (Fsp3) is 0.529. The number of rotatable bonds is 7. The summed E-state index contributed by atoms with van der Waals surface area (Å²) < 4.78 is 22.7. The average molecular weight is 410 g/mol. The molecule has 1 aliphatic rings. The molecule has 0 spiro atoms. The van der Waals surface area contributed by atoms with Gasteiger partial charge in [0, 0.05) is 20.8 Å². The zero-order valence-electron chi connectivity index (χ0n) is 16.2. The van der Waals surface area contributed by atoms with Crippen LogP contribution < -0.4 is 5.32 Å². The van der Waals surface area contributed by atoms with Gasteiger partial charge in [-0.3, -0.25) is 19.2 Å². The predicted octanol–water partition coefficient (Wildman–Crippen LogP) is -0.596. The van der Waals surface area contributed by atoms with Crippen LogP contribution in [0.5, 0.6) is 0 Å². The number of ether oxygens (including phenoxy) is 4. The Bertz CT molecular complexity index is 792. The Labute approximate surface area is 166 Å². The summed E-state index contributed by atoms with van der Waals surface area (Å²) in [7, 11) is 0. The molecule has 2 heterocycles. The largest absolute Gasteiger partial charge is 0.456 e. The highest BCUT2D eigenvalue weighted by atomic mass is 16.6. The average Bonchev–Trinajstić information content (AvgIpc) is 3.10. The van der Waals surface area contributed by atoms with E-state index in [-0.39, 0.29) is 19.1 Å². The Kier molecular flexibility index (Phi) is 7.42. The number of amides is 1. The van der Waals surface area contributed by atoms with E-state index in [4.69, 9.17) is 18.9 Å². The van der Waals surface area contributed by atoms with E-state index in [1.807, 2.05) is 0 Å². The Morgan fingerprint density at radius 2 is 1.79 bits per heavy atom. The molecule has 4 atom stereocenters. The van der Waals surface area contributed by atoms with E-state index in [1.54, 1.807) is 0 Å². The lowest BCUT2D eigenvalue weighted by Crippen LogP contribution is -2.55. The van der Waals surface area contributed by atoms with Crippen molar-refractivity contribution in [1.29, 1.82) is 0 Å². The summed E-state index contributed by atoms with van der Waals surface area (Å²) in [5.74, 6) is -2.32. The summed E-state index contributed by atoms with van der Waals surface area (Å²) in [4.78, 5) is 45.9. The molecule has 1 aromatic heterocycles. The second kappa shape index (κ2) is 9.78. The molecule has 12 heteroatoms. The van der Waals surface area contributed by atoms with Crippen molar-refractivity contribution >= 4 is 23.8 Å². The van der Waals surface area contributed by atoms with Gasteiger partial charge in [0.15, 0.2) is 24.5 Å². The van der Waals surface area contributed by atoms with E-state index in [9.17, 15) is 19.2 Å². The van der Waals surface area contributed by atoms with Gasteiger partial charge in [-0.15, -0.1) is 5.10 Å². The highest BCUT2D eigenvalue weighted by Gasteiger charge is 2.48. The topological polar surface area (TPSA) is 148 Å². The zero-order valence-corrected chi connectivity index (χ0v) is 16.2. The number of nitrogens with zero attached hydrogens (tertiary/aromatic N) is 3. The van der Waals surface area contributed by atoms with Crippen LogP contribution in [0, 0.1) is 0 Å². The number of hydrogen-bond acceptors (Lipinski definition) is 10. The van der Waals surface area contributed by atoms with E-state index < -0.39 is 42.4 Å². The minimum absolute atomic E-state index is 0.0826. The number of nitrogens with one attached hydrogen (secondary N) is 1. The van der Waals surface area contributed by atoms with Gasteiger partial charge in [-0.1, -0.05) is 11.8 Å². The Hall–Kier alpha value is -3.28. The molecule has 1 amide bonds. The summed E-state index contributed by atoms with van der Waals surface area (Å²) in [5, 5.41) is 10.4. The normalized spacial score (nSPS) is 23.6. The first-order valence-electron chi connectivity index (χ1n) is 8.65. The molecule has 1 saturated heterocycles. The maximum absolute atomic E-state index is 11.6. The molecule has 158 valence electrons. The van der Waals surface area contributed by atoms with Gasteiger partial charge in [-0.2, -0.15) is 0 Å². The van der Waals surface area contributed by atoms with Gasteiger partial charge >= 0.3 is 17.9 Å². The highest BCUT2D eigenvalue weighted by Crippen LogP contribution is 2.30. The van der Waals surface area contributed by atoms with E-state index in [1.165, 1.54) is 31.6 Å². The van der Waals surface area contributed by atoms with Crippen molar-refractivity contribution in [3.63, 3.8) is 0 Å². The van der Waals surface area contributed by atoms with Crippen LogP contribution >= 0.6 is 0 Å². The van der Waals surface area contributed by atoms with Crippen LogP contribution in [0.4, 0.5) is 0 Å². The Balaban J connectivity index is 2.27. The fourth-order valence-electron chi connectivity index (χ4n) is 2.72. The monoisotopic (exact) mass is 410 g/mol. The lowest BCUT2D eigenvalue weighted by Gasteiger charge is -2.40. The third-order valence-electron chi connectivity index (χ3n) is 3.77. The summed E-state index contributed by atoms with van der Waals surface area (Å²) in [6, 6.07) is 0. The van der Waals surface area contributed by atoms with Crippen molar-refractivity contribution in [2.45, 2.75) is 51.9 Å². The van der Waals surface area contributed by atoms with E-state index in [0.717, 1.165) is 6.08 Å². The maximum Gasteiger partial charge on any atom is 0.303 e. The highest BCUT2D eigenvalue weighted by molar-refractivity contribution is 5.86. The first-order valence-corrected chi connectivity index (χ1v) is 8.65. The predicted molar refractivity (Wildman–Crippen MR) is 93.7 cm³/mol. The molecule has 12 nitrogen and oxygen atoms in total. The van der Waals surface area contributed by atoms with E-state index in [2.05, 4.69) is 22.2 Å². The van der Waals surface area contributed by atoms with E-state index >= 15 is 0 Å². The minimum atomic E-state index is -1.16. The van der Waals surface area contributed by atoms with Crippen molar-refractivity contribution in [1.82, 2.24) is 20.3 Å². The van der Waals surface area contributed by atoms with Crippen LogP contribution in [-0.4, -0.2) is 63.7 Å². The van der Waals surface area contributed by atoms with Gasteiger partial charge in [-0.05, 0) is 6.08 Å². The van der Waals surface area contributed by atoms with Gasteiger partial charge in [0.2, 0.25) is 5.91 Å². The Morgan fingerprint density at radius 3 is 2.38 bits per heavy atom. The summed E-state index contributed by atoms with van der Waals surface area (Å²) in [5.41, 5.74) is 0.400. The first kappa shape index (κ1) is 22.0. The summed E-state index contributed by atoms with van der Waals surface area (Å²) >= 11 is 0. The number of hydrogen-bond donors (Lipinski definition) is 1. The van der Waals surface area contributed by atoms with Gasteiger partial charge in [0.1, 0.15) is 5.69 Å². The van der Waals surface area contributed by atoms with Crippen LogP contribution in [0.3, 0.4) is 0 Å². The molecule has 0 aromatic carbocycles. The molecule has 1 N–H and O–H groups in total. The molecule has 0 unspecified atom stereocenters. The molecular weight excluding hydrogens is 388 g/mol. The standard InChI is InChI=1S/C17H22N4O8/c1-5-14(25)18-6-12-7-21(20-19-12)17-16(29-11(4)24)15(28-10(3)23)13(8-26-17)27-9(2)22/h5,7,13,15-17H,1,6,8H2,2-4H3,(H,18,25)/t13-,15-,16+,17+/m0/s1. The third kappa shape index (κ3) is 6.10. The molecule has 1 aliphatic heterocycles. The SMILES string of the molecule is C=CC(=O)NCc1cn([C@@H]2OC[C@H](OC(C)=O)[C@H](OC(C)=O)[C@H]2OC(C)=O)nn1. The second-order valence-electron chi connectivity index (χ2n) is 6.13. The maximum atomic E-state index is 11.6. The molecule has 0 aliphatic carbocycles. The van der Waals surface area contributed by atoms with Gasteiger partial charge < -0.3 is 24.3 Å². The van der Waals surface area contributed by atoms with Crippen molar-refractivity contribution in [3.05, 3.63) is 24.5 Å². The summed E-state index contributed by atoms with van der Waals surface area (Å²) in [6.07, 6.45) is -1.68. The number of esters is 3. The molecule has 29 heavy (non-hydrogen) atoms. The van der Waals surface area contributed by atoms with Crippen LogP contribution in [0.25, 0.3) is 0 Å². The van der Waals surface area contributed by atoms with Crippen LogP contribution in [0.15, 0.2) is 18.9 Å². The van der Waals surface area contributed by atoms with Gasteiger partial charge in [-0.25, -0.2) is 4.68 Å². The lowest BCUT2D eigenvalue weighted by atomic mass is 10.0. The number of carbonyl (C=O) groups is 4. The summed E-state index contributed by atoms with van der Waals surface area (Å²) in [6.45, 7) is 6.84. The Morgan fingerprint density at radius 1 is 1.17 bits per heavy atom. The third-order valence-corrected chi connectivity index (χ3v) is 3.77. The van der Waals surface area contributed by atoms with Crippen molar-refractivity contribution in [2.24, 2.45) is 0 Å². The lowest BCUT2D eigenvalue weighted by molar-refractivity contribution is -0.241. The van der Waals surface area contributed by atoms with Crippen LogP contribution in [-0.2, 0) is 44.7 Å². The molecule has 0 bridgehead atoms. The zero-order chi connectivity index (χ0) is 21.6. The van der Waals surface area contributed by atoms with Crippen molar-refractivity contribution < 1.29 is 38.1 Å². The molecule has 1 aromatic rings. The molecule has 0 radical (unpaired) electrons. The minimum Gasteiger partial charge on any atom is -0.456 e. The second-order valence-corrected chi connectivity index (χ2v) is 6.13. The quantitative estimate of drug-likeness (QED) is 0.351. The molecule has 0 saturated carbocycles. The number of aromatic nitrogens is 3. The van der Waals surface area contributed by atoms with Crippen molar-refractivity contribution in [2.75, 3.05) is 6.61 Å². The van der Waals surface area contributed by atoms with Gasteiger partial charge in [0.25, 0.3) is 0 Å². The van der Waals surface area contributed by atoms with E-state index in [0.29, 0.717) is 5.69 Å². The van der Waals surface area contributed by atoms with Crippen LogP contribution in [0.2, 0.25) is 0 Å². The van der Waals surface area contributed by atoms with Gasteiger partial charge in [0.05, 0.1) is 19.3 Å². The first-order chi connectivity index (χ1) is 13.7. The molecule has 2 rings (SSSR count). The molecule has 1 fully saturated rings. The van der Waals surface area contributed by atoms with Crippen molar-refractivity contribution in [3.8, 4) is 0 Å². The molecular formula is C17H22N4O8.